The van der Waals surface area contributed by atoms with E-state index in [4.69, 9.17) is 11.5 Å². The normalized spacial score (nSPS) is 11.8. The number of amides is 1. The minimum Gasteiger partial charge on any atom is -0.382 e. The number of halogens is 2. The number of benzene rings is 2. The fourth-order valence-corrected chi connectivity index (χ4v) is 3.02. The van der Waals surface area contributed by atoms with E-state index in [0.29, 0.717) is 11.4 Å². The van der Waals surface area contributed by atoms with Crippen LogP contribution in [-0.4, -0.2) is 27.5 Å². The Morgan fingerprint density at radius 2 is 1.29 bits per heavy atom. The molecule has 8 nitrogen and oxygen atoms in total. The van der Waals surface area contributed by atoms with Gasteiger partial charge in [0.05, 0.1) is 0 Å². The number of pyridine rings is 2. The van der Waals surface area contributed by atoms with Crippen molar-refractivity contribution >= 4 is 34.6 Å². The van der Waals surface area contributed by atoms with E-state index in [-0.39, 0.29) is 34.3 Å². The predicted octanol–water partition coefficient (Wildman–Crippen LogP) is 4.08. The van der Waals surface area contributed by atoms with Crippen LogP contribution in [0, 0.1) is 11.6 Å². The summed E-state index contributed by atoms with van der Waals surface area (Å²) in [6.45, 7) is 0. The molecule has 1 amide bonds. The first-order valence-corrected chi connectivity index (χ1v) is 10.3. The summed E-state index contributed by atoms with van der Waals surface area (Å²) in [6.07, 6.45) is 3.09. The Morgan fingerprint density at radius 3 is 1.77 bits per heavy atom. The van der Waals surface area contributed by atoms with Crippen LogP contribution >= 0.6 is 0 Å². The highest BCUT2D eigenvalue weighted by atomic mass is 19.1. The Morgan fingerprint density at radius 1 is 0.743 bits per heavy atom. The quantitative estimate of drug-likeness (QED) is 0.288. The van der Waals surface area contributed by atoms with Gasteiger partial charge in [-0.25, -0.2) is 18.8 Å². The number of aliphatic imine (C=N–C) groups is 2. The molecule has 2 aromatic carbocycles. The number of rotatable bonds is 6. The molecule has 0 unspecified atom stereocenters. The minimum atomic E-state index is -0.752. The van der Waals surface area contributed by atoms with Crippen LogP contribution in [0.1, 0.15) is 21.7 Å². The zero-order valence-corrected chi connectivity index (χ0v) is 18.2. The highest BCUT2D eigenvalue weighted by Crippen LogP contribution is 2.24. The SMILES string of the molecule is NC(=Nc1ccc(NC(=O)c2ccc(N=C(N)c3ccccn3)c(F)c2)cc1F)c1ccccn1. The average molecular weight is 471 g/mol. The molecule has 2 aromatic heterocycles. The lowest BCUT2D eigenvalue weighted by atomic mass is 10.1. The van der Waals surface area contributed by atoms with E-state index >= 15 is 0 Å². The van der Waals surface area contributed by atoms with Crippen molar-refractivity contribution in [3.63, 3.8) is 0 Å². The number of amidine groups is 2. The summed E-state index contributed by atoms with van der Waals surface area (Å²) in [5.41, 5.74) is 12.6. The number of nitrogens with two attached hydrogens (primary N) is 2. The van der Waals surface area contributed by atoms with E-state index in [1.54, 1.807) is 48.8 Å². The summed E-state index contributed by atoms with van der Waals surface area (Å²) in [7, 11) is 0. The Bertz CT molecular complexity index is 1420. The fourth-order valence-electron chi connectivity index (χ4n) is 3.02. The number of carbonyl (C=O) groups excluding carboxylic acids is 1. The van der Waals surface area contributed by atoms with Crippen molar-refractivity contribution in [3.8, 4) is 0 Å². The van der Waals surface area contributed by atoms with Gasteiger partial charge in [-0.05, 0) is 60.7 Å². The van der Waals surface area contributed by atoms with E-state index in [1.165, 1.54) is 24.3 Å². The van der Waals surface area contributed by atoms with Gasteiger partial charge in [0.15, 0.2) is 5.82 Å². The predicted molar refractivity (Wildman–Crippen MR) is 130 cm³/mol. The van der Waals surface area contributed by atoms with E-state index in [2.05, 4.69) is 25.3 Å². The van der Waals surface area contributed by atoms with Crippen molar-refractivity contribution in [2.24, 2.45) is 21.5 Å². The van der Waals surface area contributed by atoms with Crippen LogP contribution in [0.4, 0.5) is 25.8 Å². The third-order valence-electron chi connectivity index (χ3n) is 4.75. The first kappa shape index (κ1) is 23.2. The highest BCUT2D eigenvalue weighted by Gasteiger charge is 2.12. The highest BCUT2D eigenvalue weighted by molar-refractivity contribution is 6.05. The number of hydrogen-bond acceptors (Lipinski definition) is 5. The maximum atomic E-state index is 14.5. The van der Waals surface area contributed by atoms with Crippen molar-refractivity contribution in [1.29, 1.82) is 0 Å². The van der Waals surface area contributed by atoms with E-state index in [9.17, 15) is 13.6 Å². The number of nitrogens with zero attached hydrogens (tertiary/aromatic N) is 4. The molecule has 174 valence electrons. The van der Waals surface area contributed by atoms with Crippen molar-refractivity contribution in [1.82, 2.24) is 9.97 Å². The number of hydrogen-bond donors (Lipinski definition) is 3. The van der Waals surface area contributed by atoms with Gasteiger partial charge in [0, 0.05) is 23.6 Å². The molecule has 0 bridgehead atoms. The van der Waals surface area contributed by atoms with Crippen molar-refractivity contribution in [3.05, 3.63) is 114 Å². The lowest BCUT2D eigenvalue weighted by molar-refractivity contribution is 0.102. The number of anilines is 1. The van der Waals surface area contributed by atoms with Gasteiger partial charge >= 0.3 is 0 Å². The molecule has 35 heavy (non-hydrogen) atoms. The molecule has 4 rings (SSSR count). The second kappa shape index (κ2) is 10.3. The summed E-state index contributed by atoms with van der Waals surface area (Å²) < 4.78 is 29.1. The van der Waals surface area contributed by atoms with Gasteiger partial charge in [-0.15, -0.1) is 0 Å². The van der Waals surface area contributed by atoms with Crippen LogP contribution in [0.2, 0.25) is 0 Å². The number of nitrogens with one attached hydrogen (secondary N) is 1. The molecule has 0 saturated heterocycles. The Kier molecular flexibility index (Phi) is 6.82. The average Bonchev–Trinajstić information content (AvgIpc) is 2.87. The van der Waals surface area contributed by atoms with Gasteiger partial charge in [-0.1, -0.05) is 12.1 Å². The Labute approximate surface area is 199 Å². The van der Waals surface area contributed by atoms with Crippen molar-refractivity contribution in [2.75, 3.05) is 5.32 Å². The summed E-state index contributed by atoms with van der Waals surface area (Å²) in [6, 6.07) is 17.8. The molecule has 4 aromatic rings. The monoisotopic (exact) mass is 471 g/mol. The van der Waals surface area contributed by atoms with Crippen LogP contribution in [-0.2, 0) is 0 Å². The summed E-state index contributed by atoms with van der Waals surface area (Å²) in [5, 5.41) is 2.52. The molecule has 0 atom stereocenters. The van der Waals surface area contributed by atoms with E-state index in [1.807, 2.05) is 0 Å². The lowest BCUT2D eigenvalue weighted by Gasteiger charge is -2.08. The summed E-state index contributed by atoms with van der Waals surface area (Å²) in [4.78, 5) is 28.7. The van der Waals surface area contributed by atoms with Gasteiger partial charge < -0.3 is 16.8 Å². The molecule has 0 aliphatic rings. The van der Waals surface area contributed by atoms with Crippen LogP contribution in [0.3, 0.4) is 0 Å². The maximum Gasteiger partial charge on any atom is 0.255 e. The van der Waals surface area contributed by atoms with E-state index < -0.39 is 17.5 Å². The molecular weight excluding hydrogens is 452 g/mol. The zero-order valence-electron chi connectivity index (χ0n) is 18.2. The first-order chi connectivity index (χ1) is 16.9. The number of aromatic nitrogens is 2. The maximum absolute atomic E-state index is 14.5. The molecule has 0 aliphatic heterocycles. The van der Waals surface area contributed by atoms with Gasteiger partial charge in [-0.3, -0.25) is 14.8 Å². The smallest absolute Gasteiger partial charge is 0.255 e. The van der Waals surface area contributed by atoms with Crippen LogP contribution in [0.5, 0.6) is 0 Å². The number of carbonyl (C=O) groups is 1. The van der Waals surface area contributed by atoms with Crippen LogP contribution < -0.4 is 16.8 Å². The molecule has 0 radical (unpaired) electrons. The largest absolute Gasteiger partial charge is 0.382 e. The molecule has 5 N–H and O–H groups in total. The molecular formula is C25H19F2N7O. The van der Waals surface area contributed by atoms with Crippen molar-refractivity contribution < 1.29 is 13.6 Å². The Balaban J connectivity index is 1.48. The fraction of sp³-hybridized carbons (Fsp3) is 0. The lowest BCUT2D eigenvalue weighted by Crippen LogP contribution is -2.15. The Hall–Kier alpha value is -4.99. The van der Waals surface area contributed by atoms with Gasteiger partial charge in [0.25, 0.3) is 5.91 Å². The minimum absolute atomic E-state index is 0.0137. The van der Waals surface area contributed by atoms with E-state index in [0.717, 1.165) is 12.1 Å². The third-order valence-corrected chi connectivity index (χ3v) is 4.75. The van der Waals surface area contributed by atoms with Crippen LogP contribution in [0.15, 0.2) is 95.2 Å². The molecule has 0 fully saturated rings. The summed E-state index contributed by atoms with van der Waals surface area (Å²) >= 11 is 0. The molecule has 0 aliphatic carbocycles. The molecule has 0 saturated carbocycles. The molecule has 0 spiro atoms. The van der Waals surface area contributed by atoms with Gasteiger partial charge in [0.1, 0.15) is 40.3 Å². The zero-order chi connectivity index (χ0) is 24.8. The second-order valence-corrected chi connectivity index (χ2v) is 7.21. The summed E-state index contributed by atoms with van der Waals surface area (Å²) in [5.74, 6) is -2.02. The van der Waals surface area contributed by atoms with Crippen molar-refractivity contribution in [2.45, 2.75) is 0 Å². The first-order valence-electron chi connectivity index (χ1n) is 10.3. The second-order valence-electron chi connectivity index (χ2n) is 7.21. The van der Waals surface area contributed by atoms with Crippen LogP contribution in [0.25, 0.3) is 0 Å². The standard InChI is InChI=1S/C25H19F2N7O/c26-17-13-15(7-9-19(17)33-23(28)21-5-1-3-11-30-21)25(35)32-16-8-10-20(18(27)14-16)34-24(29)22-6-2-4-12-31-22/h1-14H,(H2,28,33)(H2,29,34)(H,32,35). The topological polar surface area (TPSA) is 132 Å². The molecule has 2 heterocycles. The third kappa shape index (κ3) is 5.69. The molecule has 10 heteroatoms. The van der Waals surface area contributed by atoms with Gasteiger partial charge in [-0.2, -0.15) is 0 Å². The van der Waals surface area contributed by atoms with Gasteiger partial charge in [0.2, 0.25) is 0 Å².